The second-order valence-electron chi connectivity index (χ2n) is 5.94. The summed E-state index contributed by atoms with van der Waals surface area (Å²) in [5, 5.41) is 15.9. The number of nitrogens with one attached hydrogen (secondary N) is 2. The van der Waals surface area contributed by atoms with Gasteiger partial charge in [-0.05, 0) is 31.0 Å². The summed E-state index contributed by atoms with van der Waals surface area (Å²) in [6.45, 7) is 8.83. The van der Waals surface area contributed by atoms with Crippen molar-refractivity contribution >= 4 is 17.3 Å². The molecule has 1 rings (SSSR count). The zero-order valence-corrected chi connectivity index (χ0v) is 13.6. The maximum absolute atomic E-state index is 11.7. The number of rotatable bonds is 8. The van der Waals surface area contributed by atoms with Gasteiger partial charge in [-0.1, -0.05) is 33.8 Å². The fraction of sp³-hybridized carbons (Fsp3) is 0.588. The van der Waals surface area contributed by atoms with E-state index in [1.54, 1.807) is 0 Å². The molecule has 0 atom stereocenters. The first kappa shape index (κ1) is 17.5. The molecule has 0 aliphatic rings. The lowest BCUT2D eigenvalue weighted by molar-refractivity contribution is -0.118. The molecule has 118 valence electrons. The van der Waals surface area contributed by atoms with Crippen molar-refractivity contribution in [1.82, 2.24) is 0 Å². The van der Waals surface area contributed by atoms with Crippen molar-refractivity contribution in [1.29, 1.82) is 0 Å². The highest BCUT2D eigenvalue weighted by molar-refractivity contribution is 5.92. The van der Waals surface area contributed by atoms with E-state index in [0.717, 1.165) is 30.8 Å². The maximum Gasteiger partial charge on any atom is 0.226 e. The number of amides is 1. The fourth-order valence-corrected chi connectivity index (χ4v) is 2.06. The summed E-state index contributed by atoms with van der Waals surface area (Å²) in [5.74, 6) is -0.0252. The van der Waals surface area contributed by atoms with Gasteiger partial charge >= 0.3 is 0 Å². The standard InChI is InChI=1S/C17H28N2O2/c1-5-17(6-2,12-20)11-18-14-8-7-9-15(10-14)19-16(21)13(3)4/h7-10,13,18,20H,5-6,11-12H2,1-4H3,(H,19,21). The van der Waals surface area contributed by atoms with Crippen LogP contribution in [0.1, 0.15) is 40.5 Å². The van der Waals surface area contributed by atoms with Gasteiger partial charge in [-0.2, -0.15) is 0 Å². The SMILES string of the molecule is CCC(CC)(CO)CNc1cccc(NC(=O)C(C)C)c1. The van der Waals surface area contributed by atoms with Crippen LogP contribution in [0.2, 0.25) is 0 Å². The van der Waals surface area contributed by atoms with Gasteiger partial charge in [0.1, 0.15) is 0 Å². The van der Waals surface area contributed by atoms with Crippen molar-refractivity contribution in [2.45, 2.75) is 40.5 Å². The van der Waals surface area contributed by atoms with Gasteiger partial charge in [-0.15, -0.1) is 0 Å². The number of carbonyl (C=O) groups excluding carboxylic acids is 1. The van der Waals surface area contributed by atoms with Crippen molar-refractivity contribution in [3.8, 4) is 0 Å². The van der Waals surface area contributed by atoms with Crippen molar-refractivity contribution in [2.75, 3.05) is 23.8 Å². The number of hydrogen-bond donors (Lipinski definition) is 3. The maximum atomic E-state index is 11.7. The molecule has 0 aliphatic heterocycles. The van der Waals surface area contributed by atoms with E-state index >= 15 is 0 Å². The molecule has 0 heterocycles. The summed E-state index contributed by atoms with van der Waals surface area (Å²) < 4.78 is 0. The summed E-state index contributed by atoms with van der Waals surface area (Å²) in [7, 11) is 0. The third kappa shape index (κ3) is 5.05. The number of aliphatic hydroxyl groups excluding tert-OH is 1. The van der Waals surface area contributed by atoms with E-state index in [1.807, 2.05) is 38.1 Å². The van der Waals surface area contributed by atoms with E-state index in [4.69, 9.17) is 0 Å². The third-order valence-corrected chi connectivity index (χ3v) is 4.16. The number of carbonyl (C=O) groups is 1. The normalized spacial score (nSPS) is 11.5. The summed E-state index contributed by atoms with van der Waals surface area (Å²) in [6, 6.07) is 7.69. The largest absolute Gasteiger partial charge is 0.396 e. The van der Waals surface area contributed by atoms with Gasteiger partial charge in [0.2, 0.25) is 5.91 Å². The molecule has 0 saturated carbocycles. The lowest BCUT2D eigenvalue weighted by atomic mass is 9.83. The van der Waals surface area contributed by atoms with Crippen LogP contribution in [0.25, 0.3) is 0 Å². The Balaban J connectivity index is 2.70. The fourth-order valence-electron chi connectivity index (χ4n) is 2.06. The van der Waals surface area contributed by atoms with E-state index < -0.39 is 0 Å². The molecule has 1 amide bonds. The van der Waals surface area contributed by atoms with Crippen LogP contribution in [-0.2, 0) is 4.79 Å². The van der Waals surface area contributed by atoms with E-state index in [-0.39, 0.29) is 23.8 Å². The van der Waals surface area contributed by atoms with Crippen molar-refractivity contribution < 1.29 is 9.90 Å². The van der Waals surface area contributed by atoms with Crippen molar-refractivity contribution in [2.24, 2.45) is 11.3 Å². The highest BCUT2D eigenvalue weighted by Crippen LogP contribution is 2.26. The number of benzene rings is 1. The Morgan fingerprint density at radius 1 is 1.24 bits per heavy atom. The van der Waals surface area contributed by atoms with Crippen LogP contribution in [0.5, 0.6) is 0 Å². The quantitative estimate of drug-likeness (QED) is 0.687. The second-order valence-corrected chi connectivity index (χ2v) is 5.94. The van der Waals surface area contributed by atoms with Gasteiger partial charge in [0.15, 0.2) is 0 Å². The van der Waals surface area contributed by atoms with Crippen LogP contribution < -0.4 is 10.6 Å². The molecule has 0 aliphatic carbocycles. The lowest BCUT2D eigenvalue weighted by Gasteiger charge is -2.30. The van der Waals surface area contributed by atoms with Crippen LogP contribution in [0.3, 0.4) is 0 Å². The van der Waals surface area contributed by atoms with Gasteiger partial charge in [0.25, 0.3) is 0 Å². The average Bonchev–Trinajstić information content (AvgIpc) is 2.49. The second kappa shape index (κ2) is 8.03. The Labute approximate surface area is 128 Å². The van der Waals surface area contributed by atoms with Crippen molar-refractivity contribution in [3.63, 3.8) is 0 Å². The molecule has 0 aromatic heterocycles. The Morgan fingerprint density at radius 2 is 1.86 bits per heavy atom. The molecule has 1 aromatic rings. The predicted molar refractivity (Wildman–Crippen MR) is 88.5 cm³/mol. The number of anilines is 2. The molecule has 0 radical (unpaired) electrons. The van der Waals surface area contributed by atoms with Crippen LogP contribution in [0.15, 0.2) is 24.3 Å². The topological polar surface area (TPSA) is 61.4 Å². The summed E-state index contributed by atoms with van der Waals surface area (Å²) in [5.41, 5.74) is 1.66. The van der Waals surface area contributed by atoms with E-state index in [1.165, 1.54) is 0 Å². The van der Waals surface area contributed by atoms with Crippen LogP contribution in [0.4, 0.5) is 11.4 Å². The smallest absolute Gasteiger partial charge is 0.226 e. The molecule has 4 nitrogen and oxygen atoms in total. The molecule has 0 fully saturated rings. The lowest BCUT2D eigenvalue weighted by Crippen LogP contribution is -2.32. The molecule has 21 heavy (non-hydrogen) atoms. The molecule has 3 N–H and O–H groups in total. The molecule has 0 unspecified atom stereocenters. The monoisotopic (exact) mass is 292 g/mol. The predicted octanol–water partition coefficient (Wildman–Crippen LogP) is 3.49. The Kier molecular flexibility index (Phi) is 6.69. The minimum Gasteiger partial charge on any atom is -0.396 e. The summed E-state index contributed by atoms with van der Waals surface area (Å²) in [4.78, 5) is 11.7. The molecular formula is C17H28N2O2. The van der Waals surface area contributed by atoms with Crippen LogP contribution in [-0.4, -0.2) is 24.2 Å². The minimum atomic E-state index is -0.0861. The minimum absolute atomic E-state index is 0.0129. The molecule has 0 spiro atoms. The van der Waals surface area contributed by atoms with Crippen molar-refractivity contribution in [3.05, 3.63) is 24.3 Å². The molecular weight excluding hydrogens is 264 g/mol. The van der Waals surface area contributed by atoms with Gasteiger partial charge < -0.3 is 15.7 Å². The first-order valence-corrected chi connectivity index (χ1v) is 7.72. The molecule has 4 heteroatoms. The molecule has 1 aromatic carbocycles. The van der Waals surface area contributed by atoms with Gasteiger partial charge in [-0.3, -0.25) is 4.79 Å². The molecule has 0 saturated heterocycles. The summed E-state index contributed by atoms with van der Waals surface area (Å²) in [6.07, 6.45) is 1.85. The Morgan fingerprint density at radius 3 is 2.38 bits per heavy atom. The third-order valence-electron chi connectivity index (χ3n) is 4.16. The van der Waals surface area contributed by atoms with E-state index in [9.17, 15) is 9.90 Å². The Bertz CT molecular complexity index is 446. The number of aliphatic hydroxyl groups is 1. The van der Waals surface area contributed by atoms with E-state index in [0.29, 0.717) is 0 Å². The first-order valence-electron chi connectivity index (χ1n) is 7.72. The average molecular weight is 292 g/mol. The summed E-state index contributed by atoms with van der Waals surface area (Å²) >= 11 is 0. The zero-order valence-electron chi connectivity index (χ0n) is 13.6. The van der Waals surface area contributed by atoms with Gasteiger partial charge in [0.05, 0.1) is 6.61 Å². The molecule has 0 bridgehead atoms. The highest BCUT2D eigenvalue weighted by Gasteiger charge is 2.24. The Hall–Kier alpha value is -1.55. The van der Waals surface area contributed by atoms with E-state index in [2.05, 4.69) is 24.5 Å². The highest BCUT2D eigenvalue weighted by atomic mass is 16.3. The van der Waals surface area contributed by atoms with Crippen LogP contribution >= 0.6 is 0 Å². The van der Waals surface area contributed by atoms with Gasteiger partial charge in [-0.25, -0.2) is 0 Å². The number of hydrogen-bond acceptors (Lipinski definition) is 3. The van der Waals surface area contributed by atoms with Gasteiger partial charge in [0, 0.05) is 29.3 Å². The van der Waals surface area contributed by atoms with Crippen LogP contribution in [0, 0.1) is 11.3 Å². The first-order chi connectivity index (χ1) is 9.96. The zero-order chi connectivity index (χ0) is 15.9.